The molecule has 0 saturated carbocycles. The first-order valence-electron chi connectivity index (χ1n) is 8.01. The number of nitrogens with one attached hydrogen (secondary N) is 1. The lowest BCUT2D eigenvalue weighted by Gasteiger charge is -2.22. The van der Waals surface area contributed by atoms with Gasteiger partial charge in [-0.3, -0.25) is 9.59 Å². The van der Waals surface area contributed by atoms with Crippen LogP contribution in [0.4, 0.5) is 0 Å². The van der Waals surface area contributed by atoms with E-state index in [2.05, 4.69) is 5.32 Å². The van der Waals surface area contributed by atoms with Crippen molar-refractivity contribution in [2.24, 2.45) is 5.92 Å². The van der Waals surface area contributed by atoms with E-state index in [0.717, 1.165) is 31.7 Å². The van der Waals surface area contributed by atoms with E-state index in [0.29, 0.717) is 18.0 Å². The molecule has 1 atom stereocenters. The molecule has 1 heterocycles. The number of ether oxygens (including phenoxy) is 1. The van der Waals surface area contributed by atoms with E-state index in [-0.39, 0.29) is 11.8 Å². The van der Waals surface area contributed by atoms with Gasteiger partial charge in [0.25, 0.3) is 5.91 Å². The van der Waals surface area contributed by atoms with Gasteiger partial charge in [0.05, 0.1) is 6.61 Å². The average molecular weight is 316 g/mol. The summed E-state index contributed by atoms with van der Waals surface area (Å²) in [5, 5.41) is 2.58. The standard InChI is InChI=1S/C18H24N2O3/c1-3-20(12-15-10-11-23-13-15)17(21)9-6-14-4-7-16(8-5-14)18(22)19-2/h4-9,15H,3,10-13H2,1-2H3,(H,19,22)/b9-6+/t15-/m1/s1. The van der Waals surface area contributed by atoms with Gasteiger partial charge in [-0.25, -0.2) is 0 Å². The maximum Gasteiger partial charge on any atom is 0.251 e. The van der Waals surface area contributed by atoms with Crippen LogP contribution in [-0.2, 0) is 9.53 Å². The summed E-state index contributed by atoms with van der Waals surface area (Å²) in [6.07, 6.45) is 4.40. The molecule has 0 aliphatic carbocycles. The number of likely N-dealkylation sites (N-methyl/N-ethyl adjacent to an activating group) is 1. The molecule has 1 saturated heterocycles. The zero-order chi connectivity index (χ0) is 16.7. The van der Waals surface area contributed by atoms with Crippen molar-refractivity contribution in [2.45, 2.75) is 13.3 Å². The molecule has 1 fully saturated rings. The van der Waals surface area contributed by atoms with Gasteiger partial charge in [0, 0.05) is 44.3 Å². The van der Waals surface area contributed by atoms with E-state index in [9.17, 15) is 9.59 Å². The Kier molecular flexibility index (Phi) is 6.35. The summed E-state index contributed by atoms with van der Waals surface area (Å²) in [5.41, 5.74) is 1.50. The van der Waals surface area contributed by atoms with Crippen LogP contribution >= 0.6 is 0 Å². The maximum atomic E-state index is 12.3. The van der Waals surface area contributed by atoms with Crippen LogP contribution in [0.25, 0.3) is 6.08 Å². The maximum absolute atomic E-state index is 12.3. The molecule has 0 unspecified atom stereocenters. The third-order valence-electron chi connectivity index (χ3n) is 4.01. The lowest BCUT2D eigenvalue weighted by Crippen LogP contribution is -2.34. The second kappa shape index (κ2) is 8.48. The molecule has 1 aliphatic heterocycles. The lowest BCUT2D eigenvalue weighted by molar-refractivity contribution is -0.126. The summed E-state index contributed by atoms with van der Waals surface area (Å²) < 4.78 is 5.36. The van der Waals surface area contributed by atoms with Gasteiger partial charge in [0.15, 0.2) is 0 Å². The number of carbonyl (C=O) groups is 2. The van der Waals surface area contributed by atoms with Crippen molar-refractivity contribution in [3.63, 3.8) is 0 Å². The number of hydrogen-bond acceptors (Lipinski definition) is 3. The van der Waals surface area contributed by atoms with Crippen LogP contribution < -0.4 is 5.32 Å². The Labute approximate surface area is 137 Å². The highest BCUT2D eigenvalue weighted by Gasteiger charge is 2.20. The quantitative estimate of drug-likeness (QED) is 0.816. The lowest BCUT2D eigenvalue weighted by atomic mass is 10.1. The summed E-state index contributed by atoms with van der Waals surface area (Å²) >= 11 is 0. The average Bonchev–Trinajstić information content (AvgIpc) is 3.10. The Hall–Kier alpha value is -2.14. The van der Waals surface area contributed by atoms with Crippen molar-refractivity contribution in [2.75, 3.05) is 33.4 Å². The monoisotopic (exact) mass is 316 g/mol. The number of hydrogen-bond donors (Lipinski definition) is 1. The molecule has 2 rings (SSSR count). The zero-order valence-corrected chi connectivity index (χ0v) is 13.7. The molecular weight excluding hydrogens is 292 g/mol. The summed E-state index contributed by atoms with van der Waals surface area (Å²) in [4.78, 5) is 25.6. The highest BCUT2D eigenvalue weighted by Crippen LogP contribution is 2.14. The van der Waals surface area contributed by atoms with Gasteiger partial charge < -0.3 is 15.0 Å². The molecule has 5 nitrogen and oxygen atoms in total. The first-order chi connectivity index (χ1) is 11.1. The number of amides is 2. The van der Waals surface area contributed by atoms with Crippen molar-refractivity contribution in [3.8, 4) is 0 Å². The van der Waals surface area contributed by atoms with Gasteiger partial charge in [-0.1, -0.05) is 12.1 Å². The highest BCUT2D eigenvalue weighted by atomic mass is 16.5. The number of rotatable bonds is 6. The van der Waals surface area contributed by atoms with E-state index in [1.807, 2.05) is 24.0 Å². The normalized spacial score (nSPS) is 17.4. The van der Waals surface area contributed by atoms with E-state index < -0.39 is 0 Å². The van der Waals surface area contributed by atoms with Crippen LogP contribution in [0.15, 0.2) is 30.3 Å². The Bertz CT molecular complexity index is 560. The van der Waals surface area contributed by atoms with E-state index in [1.165, 1.54) is 0 Å². The molecule has 1 N–H and O–H groups in total. The fourth-order valence-electron chi connectivity index (χ4n) is 2.58. The van der Waals surface area contributed by atoms with E-state index >= 15 is 0 Å². The molecule has 0 radical (unpaired) electrons. The minimum atomic E-state index is -0.118. The van der Waals surface area contributed by atoms with E-state index in [4.69, 9.17) is 4.74 Å². The van der Waals surface area contributed by atoms with E-state index in [1.54, 1.807) is 31.3 Å². The molecular formula is C18H24N2O3. The highest BCUT2D eigenvalue weighted by molar-refractivity contribution is 5.94. The molecule has 5 heteroatoms. The van der Waals surface area contributed by atoms with Crippen molar-refractivity contribution in [1.82, 2.24) is 10.2 Å². The van der Waals surface area contributed by atoms with Gasteiger partial charge in [0.2, 0.25) is 5.91 Å². The molecule has 0 spiro atoms. The first-order valence-corrected chi connectivity index (χ1v) is 8.01. The third-order valence-corrected chi connectivity index (χ3v) is 4.01. The van der Waals surface area contributed by atoms with Crippen molar-refractivity contribution >= 4 is 17.9 Å². The Morgan fingerprint density at radius 1 is 1.35 bits per heavy atom. The van der Waals surface area contributed by atoms with Gasteiger partial charge in [-0.05, 0) is 37.1 Å². The van der Waals surface area contributed by atoms with Crippen LogP contribution in [0.5, 0.6) is 0 Å². The second-order valence-corrected chi connectivity index (χ2v) is 5.64. The van der Waals surface area contributed by atoms with Gasteiger partial charge in [-0.15, -0.1) is 0 Å². The van der Waals surface area contributed by atoms with Crippen molar-refractivity contribution in [1.29, 1.82) is 0 Å². The number of benzene rings is 1. The summed E-state index contributed by atoms with van der Waals surface area (Å²) in [6, 6.07) is 7.15. The molecule has 1 aromatic rings. The second-order valence-electron chi connectivity index (χ2n) is 5.64. The molecule has 1 aliphatic rings. The van der Waals surface area contributed by atoms with Crippen molar-refractivity contribution < 1.29 is 14.3 Å². The third kappa shape index (κ3) is 4.93. The fraction of sp³-hybridized carbons (Fsp3) is 0.444. The van der Waals surface area contributed by atoms with Crippen molar-refractivity contribution in [3.05, 3.63) is 41.5 Å². The van der Waals surface area contributed by atoms with Crippen LogP contribution in [0, 0.1) is 5.92 Å². The predicted octanol–water partition coefficient (Wildman–Crippen LogP) is 1.94. The Morgan fingerprint density at radius 3 is 2.65 bits per heavy atom. The smallest absolute Gasteiger partial charge is 0.251 e. The van der Waals surface area contributed by atoms with Gasteiger partial charge in [-0.2, -0.15) is 0 Å². The van der Waals surface area contributed by atoms with Gasteiger partial charge >= 0.3 is 0 Å². The van der Waals surface area contributed by atoms with Crippen LogP contribution in [0.1, 0.15) is 29.3 Å². The largest absolute Gasteiger partial charge is 0.381 e. The molecule has 0 bridgehead atoms. The first kappa shape index (κ1) is 17.2. The fourth-order valence-corrected chi connectivity index (χ4v) is 2.58. The minimum absolute atomic E-state index is 0.00905. The molecule has 124 valence electrons. The molecule has 1 aromatic carbocycles. The number of nitrogens with zero attached hydrogens (tertiary/aromatic N) is 1. The summed E-state index contributed by atoms with van der Waals surface area (Å²) in [7, 11) is 1.60. The molecule has 2 amide bonds. The summed E-state index contributed by atoms with van der Waals surface area (Å²) in [6.45, 7) is 4.96. The number of carbonyl (C=O) groups excluding carboxylic acids is 2. The topological polar surface area (TPSA) is 58.6 Å². The minimum Gasteiger partial charge on any atom is -0.381 e. The van der Waals surface area contributed by atoms with Crippen LogP contribution in [0.3, 0.4) is 0 Å². The Balaban J connectivity index is 1.94. The van der Waals surface area contributed by atoms with Crippen LogP contribution in [0.2, 0.25) is 0 Å². The molecule has 23 heavy (non-hydrogen) atoms. The van der Waals surface area contributed by atoms with Gasteiger partial charge in [0.1, 0.15) is 0 Å². The SMILES string of the molecule is CCN(C[C@H]1CCOC1)C(=O)/C=C/c1ccc(C(=O)NC)cc1. The van der Waals surface area contributed by atoms with Crippen LogP contribution in [-0.4, -0.2) is 50.1 Å². The summed E-state index contributed by atoms with van der Waals surface area (Å²) in [5.74, 6) is 0.335. The molecule has 0 aromatic heterocycles. The zero-order valence-electron chi connectivity index (χ0n) is 13.7. The predicted molar refractivity (Wildman–Crippen MR) is 90.0 cm³/mol. The Morgan fingerprint density at radius 2 is 2.09 bits per heavy atom.